The van der Waals surface area contributed by atoms with Gasteiger partial charge in [-0.1, -0.05) is 18.2 Å². The number of para-hydroxylation sites is 1. The Kier molecular flexibility index (Phi) is 4.72. The highest BCUT2D eigenvalue weighted by Crippen LogP contribution is 2.35. The van der Waals surface area contributed by atoms with E-state index in [0.717, 1.165) is 25.3 Å². The average Bonchev–Trinajstić information content (AvgIpc) is 2.52. The maximum Gasteiger partial charge on any atom is 0.573 e. The van der Waals surface area contributed by atoms with Crippen molar-refractivity contribution in [2.24, 2.45) is 0 Å². The van der Waals surface area contributed by atoms with Crippen LogP contribution in [-0.4, -0.2) is 24.4 Å². The first-order chi connectivity index (χ1) is 11.2. The largest absolute Gasteiger partial charge is 0.573 e. The number of nitro benzene ring substituents is 1. The second kappa shape index (κ2) is 6.57. The minimum absolute atomic E-state index is 0.0180. The Morgan fingerprint density at radius 1 is 1.17 bits per heavy atom. The first kappa shape index (κ1) is 17.3. The predicted molar refractivity (Wildman–Crippen MR) is 76.6 cm³/mol. The third-order valence-corrected chi connectivity index (χ3v) is 2.97. The van der Waals surface area contributed by atoms with Crippen LogP contribution in [0.15, 0.2) is 42.5 Å². The van der Waals surface area contributed by atoms with Gasteiger partial charge in [0.2, 0.25) is 0 Å². The molecule has 0 spiro atoms. The number of nitro groups is 1. The van der Waals surface area contributed by atoms with E-state index in [2.05, 4.69) is 9.47 Å². The van der Waals surface area contributed by atoms with Crippen molar-refractivity contribution < 1.29 is 32.4 Å². The SMILES string of the molecule is COC(=O)c1cc(-c2ccccc2OC(F)(F)F)cc([N+](=O)[O-])c1. The Labute approximate surface area is 133 Å². The van der Waals surface area contributed by atoms with E-state index in [9.17, 15) is 28.1 Å². The normalized spacial score (nSPS) is 11.0. The molecule has 9 heteroatoms. The summed E-state index contributed by atoms with van der Waals surface area (Å²) in [6.07, 6.45) is -4.93. The highest BCUT2D eigenvalue weighted by molar-refractivity contribution is 5.92. The number of esters is 1. The number of rotatable bonds is 4. The van der Waals surface area contributed by atoms with Crippen molar-refractivity contribution in [3.63, 3.8) is 0 Å². The first-order valence-corrected chi connectivity index (χ1v) is 6.44. The quantitative estimate of drug-likeness (QED) is 0.478. The Balaban J connectivity index is 2.62. The maximum atomic E-state index is 12.5. The molecule has 0 N–H and O–H groups in total. The van der Waals surface area contributed by atoms with Crippen molar-refractivity contribution in [1.29, 1.82) is 0 Å². The number of halogens is 3. The third-order valence-electron chi connectivity index (χ3n) is 2.97. The molecule has 2 aromatic rings. The minimum Gasteiger partial charge on any atom is -0.465 e. The zero-order chi connectivity index (χ0) is 17.9. The molecule has 0 aliphatic carbocycles. The number of hydrogen-bond donors (Lipinski definition) is 0. The van der Waals surface area contributed by atoms with Crippen molar-refractivity contribution in [1.82, 2.24) is 0 Å². The lowest BCUT2D eigenvalue weighted by Crippen LogP contribution is -2.17. The summed E-state index contributed by atoms with van der Waals surface area (Å²) in [6.45, 7) is 0. The molecule has 24 heavy (non-hydrogen) atoms. The van der Waals surface area contributed by atoms with Gasteiger partial charge in [-0.2, -0.15) is 0 Å². The summed E-state index contributed by atoms with van der Waals surface area (Å²) in [7, 11) is 1.08. The van der Waals surface area contributed by atoms with Gasteiger partial charge in [-0.05, 0) is 17.7 Å². The Morgan fingerprint density at radius 3 is 2.42 bits per heavy atom. The molecular weight excluding hydrogens is 331 g/mol. The number of hydrogen-bond acceptors (Lipinski definition) is 5. The lowest BCUT2D eigenvalue weighted by Gasteiger charge is -2.13. The molecule has 0 aromatic heterocycles. The van der Waals surface area contributed by atoms with Gasteiger partial charge in [0.25, 0.3) is 5.69 Å². The van der Waals surface area contributed by atoms with Crippen LogP contribution in [0.4, 0.5) is 18.9 Å². The van der Waals surface area contributed by atoms with Gasteiger partial charge in [0.1, 0.15) is 5.75 Å². The molecule has 0 radical (unpaired) electrons. The molecule has 0 saturated carbocycles. The summed E-state index contributed by atoms with van der Waals surface area (Å²) in [5.74, 6) is -1.39. The summed E-state index contributed by atoms with van der Waals surface area (Å²) in [5.41, 5.74) is -0.661. The number of carbonyl (C=O) groups is 1. The zero-order valence-electron chi connectivity index (χ0n) is 12.2. The van der Waals surface area contributed by atoms with Crippen molar-refractivity contribution >= 4 is 11.7 Å². The highest BCUT2D eigenvalue weighted by atomic mass is 19.4. The predicted octanol–water partition coefficient (Wildman–Crippen LogP) is 3.95. The molecule has 0 fully saturated rings. The van der Waals surface area contributed by atoms with Crippen LogP contribution in [0.5, 0.6) is 5.75 Å². The smallest absolute Gasteiger partial charge is 0.465 e. The maximum absolute atomic E-state index is 12.5. The molecule has 0 bridgehead atoms. The second-order valence-corrected chi connectivity index (χ2v) is 4.56. The van der Waals surface area contributed by atoms with E-state index >= 15 is 0 Å². The summed E-state index contributed by atoms with van der Waals surface area (Å²) < 4.78 is 45.9. The van der Waals surface area contributed by atoms with Crippen LogP contribution in [0, 0.1) is 10.1 Å². The highest BCUT2D eigenvalue weighted by Gasteiger charge is 2.32. The van der Waals surface area contributed by atoms with E-state index in [1.54, 1.807) is 0 Å². The minimum atomic E-state index is -4.93. The summed E-state index contributed by atoms with van der Waals surface area (Å²) >= 11 is 0. The number of benzene rings is 2. The zero-order valence-corrected chi connectivity index (χ0v) is 12.2. The number of alkyl halides is 3. The Morgan fingerprint density at radius 2 is 1.83 bits per heavy atom. The van der Waals surface area contributed by atoms with Gasteiger partial charge in [0, 0.05) is 17.7 Å². The first-order valence-electron chi connectivity index (χ1n) is 6.44. The number of carbonyl (C=O) groups excluding carboxylic acids is 1. The lowest BCUT2D eigenvalue weighted by atomic mass is 10.0. The van der Waals surface area contributed by atoms with E-state index in [4.69, 9.17) is 0 Å². The van der Waals surface area contributed by atoms with E-state index in [0.29, 0.717) is 0 Å². The van der Waals surface area contributed by atoms with Crippen LogP contribution < -0.4 is 4.74 Å². The molecule has 2 rings (SSSR count). The van der Waals surface area contributed by atoms with E-state index in [1.165, 1.54) is 24.3 Å². The van der Waals surface area contributed by atoms with Gasteiger partial charge in [-0.15, -0.1) is 13.2 Å². The topological polar surface area (TPSA) is 78.7 Å². The van der Waals surface area contributed by atoms with Gasteiger partial charge in [0.05, 0.1) is 17.6 Å². The summed E-state index contributed by atoms with van der Waals surface area (Å²) in [5, 5.41) is 11.0. The van der Waals surface area contributed by atoms with Crippen molar-refractivity contribution in [3.05, 3.63) is 58.1 Å². The van der Waals surface area contributed by atoms with Crippen LogP contribution in [0.2, 0.25) is 0 Å². The monoisotopic (exact) mass is 341 g/mol. The van der Waals surface area contributed by atoms with Crippen LogP contribution in [0.25, 0.3) is 11.1 Å². The van der Waals surface area contributed by atoms with Crippen LogP contribution in [0.3, 0.4) is 0 Å². The fourth-order valence-corrected chi connectivity index (χ4v) is 2.03. The molecule has 0 heterocycles. The summed E-state index contributed by atoms with van der Waals surface area (Å²) in [4.78, 5) is 21.9. The Bertz CT molecular complexity index is 789. The Hall–Kier alpha value is -3.10. The number of non-ortho nitro benzene ring substituents is 1. The fraction of sp³-hybridized carbons (Fsp3) is 0.133. The van der Waals surface area contributed by atoms with E-state index in [1.807, 2.05) is 0 Å². The van der Waals surface area contributed by atoms with Gasteiger partial charge in [-0.25, -0.2) is 4.79 Å². The molecule has 0 aliphatic rings. The molecule has 2 aromatic carbocycles. The molecule has 0 atom stereocenters. The van der Waals surface area contributed by atoms with Crippen LogP contribution in [0.1, 0.15) is 10.4 Å². The molecule has 0 amide bonds. The van der Waals surface area contributed by atoms with E-state index < -0.39 is 28.7 Å². The molecule has 0 unspecified atom stereocenters. The molecule has 0 aliphatic heterocycles. The number of nitrogens with zero attached hydrogens (tertiary/aromatic N) is 1. The number of methoxy groups -OCH3 is 1. The lowest BCUT2D eigenvalue weighted by molar-refractivity contribution is -0.384. The molecule has 126 valence electrons. The fourth-order valence-electron chi connectivity index (χ4n) is 2.03. The molecule has 0 saturated heterocycles. The van der Waals surface area contributed by atoms with Crippen LogP contribution >= 0.6 is 0 Å². The summed E-state index contributed by atoms with van der Waals surface area (Å²) in [6, 6.07) is 8.34. The third kappa shape index (κ3) is 4.00. The van der Waals surface area contributed by atoms with Crippen molar-refractivity contribution in [2.75, 3.05) is 7.11 Å². The standard InChI is InChI=1S/C15H10F3NO5/c1-23-14(20)10-6-9(7-11(8-10)19(21)22)12-4-2-3-5-13(12)24-15(16,17)18/h2-8H,1H3. The van der Waals surface area contributed by atoms with Gasteiger partial charge >= 0.3 is 12.3 Å². The van der Waals surface area contributed by atoms with Crippen molar-refractivity contribution in [3.8, 4) is 16.9 Å². The number of ether oxygens (including phenoxy) is 2. The molecule has 6 nitrogen and oxygen atoms in total. The average molecular weight is 341 g/mol. The second-order valence-electron chi connectivity index (χ2n) is 4.56. The van der Waals surface area contributed by atoms with Gasteiger partial charge in [-0.3, -0.25) is 10.1 Å². The van der Waals surface area contributed by atoms with Gasteiger partial charge in [0.15, 0.2) is 0 Å². The van der Waals surface area contributed by atoms with Crippen molar-refractivity contribution in [2.45, 2.75) is 6.36 Å². The van der Waals surface area contributed by atoms with Crippen LogP contribution in [-0.2, 0) is 4.74 Å². The van der Waals surface area contributed by atoms with Gasteiger partial charge < -0.3 is 9.47 Å². The van der Waals surface area contributed by atoms with E-state index in [-0.39, 0.29) is 16.7 Å². The molecular formula is C15H10F3NO5.